The van der Waals surface area contributed by atoms with E-state index in [-0.39, 0.29) is 0 Å². The maximum atomic E-state index is 9.21. The van der Waals surface area contributed by atoms with Crippen LogP contribution in [0, 0.1) is 0 Å². The van der Waals surface area contributed by atoms with Gasteiger partial charge in [-0.2, -0.15) is 0 Å². The molecule has 0 fully saturated rings. The first-order valence-electron chi connectivity index (χ1n) is 6.03. The van der Waals surface area contributed by atoms with Crippen LogP contribution in [-0.2, 0) is 0 Å². The highest BCUT2D eigenvalue weighted by Gasteiger charge is 1.98. The van der Waals surface area contributed by atoms with Crippen molar-refractivity contribution in [3.63, 3.8) is 0 Å². The molecule has 0 radical (unpaired) electrons. The fourth-order valence-electron chi connectivity index (χ4n) is 1.57. The van der Waals surface area contributed by atoms with Crippen LogP contribution in [0.2, 0.25) is 5.02 Å². The van der Waals surface area contributed by atoms with Gasteiger partial charge in [-0.15, -0.1) is 0 Å². The Labute approximate surface area is 117 Å². The first-order chi connectivity index (χ1) is 9.13. The first-order valence-corrected chi connectivity index (χ1v) is 6.41. The van der Waals surface area contributed by atoms with E-state index in [0.717, 1.165) is 17.1 Å². The van der Waals surface area contributed by atoms with Gasteiger partial charge in [0.05, 0.1) is 6.10 Å². The standard InChI is InChI=1S/C16H15ClO2/c1-12(18)5-6-13-3-2-4-16(11-13)19-15-9-7-14(17)8-10-15/h2-12,18H,1H3/t12-/m1/s1. The van der Waals surface area contributed by atoms with Crippen molar-refractivity contribution in [3.05, 3.63) is 65.2 Å². The Morgan fingerprint density at radius 1 is 1.11 bits per heavy atom. The Hall–Kier alpha value is -1.77. The van der Waals surface area contributed by atoms with E-state index in [9.17, 15) is 5.11 Å². The largest absolute Gasteiger partial charge is 0.457 e. The molecular formula is C16H15ClO2. The number of hydrogen-bond donors (Lipinski definition) is 1. The van der Waals surface area contributed by atoms with E-state index in [1.807, 2.05) is 42.5 Å². The van der Waals surface area contributed by atoms with Crippen LogP contribution in [0.25, 0.3) is 6.08 Å². The summed E-state index contributed by atoms with van der Waals surface area (Å²) in [7, 11) is 0. The second-order valence-corrected chi connectivity index (χ2v) is 4.66. The molecule has 0 bridgehead atoms. The van der Waals surface area contributed by atoms with Crippen molar-refractivity contribution in [2.75, 3.05) is 0 Å². The fourth-order valence-corrected chi connectivity index (χ4v) is 1.70. The summed E-state index contributed by atoms with van der Waals surface area (Å²) < 4.78 is 5.73. The molecule has 1 atom stereocenters. The molecule has 0 heterocycles. The van der Waals surface area contributed by atoms with Gasteiger partial charge in [0.25, 0.3) is 0 Å². The zero-order valence-corrected chi connectivity index (χ0v) is 11.3. The highest BCUT2D eigenvalue weighted by molar-refractivity contribution is 6.30. The van der Waals surface area contributed by atoms with Crippen LogP contribution >= 0.6 is 11.6 Å². The Kier molecular flexibility index (Phi) is 4.61. The molecule has 0 aliphatic rings. The summed E-state index contributed by atoms with van der Waals surface area (Å²) in [5.41, 5.74) is 0.979. The molecule has 0 spiro atoms. The molecule has 0 saturated carbocycles. The average molecular weight is 275 g/mol. The van der Waals surface area contributed by atoms with Crippen LogP contribution in [0.3, 0.4) is 0 Å². The van der Waals surface area contributed by atoms with E-state index in [1.165, 1.54) is 0 Å². The van der Waals surface area contributed by atoms with Gasteiger partial charge in [-0.3, -0.25) is 0 Å². The Morgan fingerprint density at radius 2 is 1.84 bits per heavy atom. The van der Waals surface area contributed by atoms with E-state index in [1.54, 1.807) is 25.1 Å². The van der Waals surface area contributed by atoms with Gasteiger partial charge in [-0.05, 0) is 48.9 Å². The minimum atomic E-state index is -0.458. The summed E-state index contributed by atoms with van der Waals surface area (Å²) in [6, 6.07) is 14.9. The van der Waals surface area contributed by atoms with Gasteiger partial charge < -0.3 is 9.84 Å². The highest BCUT2D eigenvalue weighted by Crippen LogP contribution is 2.24. The lowest BCUT2D eigenvalue weighted by Crippen LogP contribution is -1.91. The molecule has 1 N–H and O–H groups in total. The van der Waals surface area contributed by atoms with Crippen LogP contribution in [0.5, 0.6) is 11.5 Å². The summed E-state index contributed by atoms with van der Waals surface area (Å²) in [4.78, 5) is 0. The third kappa shape index (κ3) is 4.43. The molecule has 0 aliphatic carbocycles. The summed E-state index contributed by atoms with van der Waals surface area (Å²) in [5, 5.41) is 9.90. The molecule has 2 rings (SSSR count). The summed E-state index contributed by atoms with van der Waals surface area (Å²) in [6.07, 6.45) is 3.13. The van der Waals surface area contributed by atoms with Crippen molar-refractivity contribution in [1.29, 1.82) is 0 Å². The minimum absolute atomic E-state index is 0.458. The van der Waals surface area contributed by atoms with Crippen molar-refractivity contribution >= 4 is 17.7 Å². The van der Waals surface area contributed by atoms with E-state index in [4.69, 9.17) is 16.3 Å². The average Bonchev–Trinajstić information content (AvgIpc) is 2.40. The van der Waals surface area contributed by atoms with E-state index in [0.29, 0.717) is 5.02 Å². The van der Waals surface area contributed by atoms with Crippen molar-refractivity contribution in [3.8, 4) is 11.5 Å². The molecule has 0 aliphatic heterocycles. The Balaban J connectivity index is 2.12. The topological polar surface area (TPSA) is 29.5 Å². The van der Waals surface area contributed by atoms with E-state index < -0.39 is 6.10 Å². The summed E-state index contributed by atoms with van der Waals surface area (Å²) in [5.74, 6) is 1.48. The second-order valence-electron chi connectivity index (χ2n) is 4.23. The lowest BCUT2D eigenvalue weighted by Gasteiger charge is -2.06. The number of aliphatic hydroxyl groups excluding tert-OH is 1. The van der Waals surface area contributed by atoms with Crippen molar-refractivity contribution in [2.24, 2.45) is 0 Å². The van der Waals surface area contributed by atoms with Crippen LogP contribution < -0.4 is 4.74 Å². The molecular weight excluding hydrogens is 260 g/mol. The van der Waals surface area contributed by atoms with Crippen LogP contribution in [0.1, 0.15) is 12.5 Å². The second kappa shape index (κ2) is 6.41. The van der Waals surface area contributed by atoms with Gasteiger partial charge in [0.15, 0.2) is 0 Å². The molecule has 3 heteroatoms. The van der Waals surface area contributed by atoms with E-state index in [2.05, 4.69) is 0 Å². The van der Waals surface area contributed by atoms with Gasteiger partial charge in [0.1, 0.15) is 11.5 Å². The summed E-state index contributed by atoms with van der Waals surface area (Å²) >= 11 is 5.82. The van der Waals surface area contributed by atoms with Gasteiger partial charge >= 0.3 is 0 Å². The zero-order chi connectivity index (χ0) is 13.7. The summed E-state index contributed by atoms with van der Waals surface area (Å²) in [6.45, 7) is 1.71. The van der Waals surface area contributed by atoms with Crippen molar-refractivity contribution < 1.29 is 9.84 Å². The molecule has 0 saturated heterocycles. The fraction of sp³-hybridized carbons (Fsp3) is 0.125. The van der Waals surface area contributed by atoms with Gasteiger partial charge in [-0.1, -0.05) is 35.9 Å². The van der Waals surface area contributed by atoms with Crippen LogP contribution in [-0.4, -0.2) is 11.2 Å². The third-order valence-corrected chi connectivity index (χ3v) is 2.73. The zero-order valence-electron chi connectivity index (χ0n) is 10.6. The Bertz CT molecular complexity index is 559. The van der Waals surface area contributed by atoms with Crippen LogP contribution in [0.15, 0.2) is 54.6 Å². The predicted molar refractivity (Wildman–Crippen MR) is 78.7 cm³/mol. The maximum Gasteiger partial charge on any atom is 0.128 e. The van der Waals surface area contributed by atoms with Crippen molar-refractivity contribution in [2.45, 2.75) is 13.0 Å². The van der Waals surface area contributed by atoms with Crippen molar-refractivity contribution in [1.82, 2.24) is 0 Å². The molecule has 2 aromatic rings. The lowest BCUT2D eigenvalue weighted by molar-refractivity contribution is 0.245. The minimum Gasteiger partial charge on any atom is -0.457 e. The normalized spacial score (nSPS) is 12.6. The lowest BCUT2D eigenvalue weighted by atomic mass is 10.2. The highest BCUT2D eigenvalue weighted by atomic mass is 35.5. The van der Waals surface area contributed by atoms with Gasteiger partial charge in [0.2, 0.25) is 0 Å². The molecule has 98 valence electrons. The quantitative estimate of drug-likeness (QED) is 0.888. The monoisotopic (exact) mass is 274 g/mol. The maximum absolute atomic E-state index is 9.21. The number of halogens is 1. The van der Waals surface area contributed by atoms with Gasteiger partial charge in [0, 0.05) is 5.02 Å². The number of rotatable bonds is 4. The SMILES string of the molecule is C[C@@H](O)C=Cc1cccc(Oc2ccc(Cl)cc2)c1. The molecule has 0 amide bonds. The number of aliphatic hydroxyl groups is 1. The Morgan fingerprint density at radius 3 is 2.53 bits per heavy atom. The van der Waals surface area contributed by atoms with E-state index >= 15 is 0 Å². The van der Waals surface area contributed by atoms with Gasteiger partial charge in [-0.25, -0.2) is 0 Å². The molecule has 2 aromatic carbocycles. The first kappa shape index (κ1) is 13.7. The molecule has 0 aromatic heterocycles. The number of benzene rings is 2. The number of ether oxygens (including phenoxy) is 1. The molecule has 0 unspecified atom stereocenters. The third-order valence-electron chi connectivity index (χ3n) is 2.47. The van der Waals surface area contributed by atoms with Crippen LogP contribution in [0.4, 0.5) is 0 Å². The molecule has 2 nitrogen and oxygen atoms in total. The smallest absolute Gasteiger partial charge is 0.128 e. The molecule has 19 heavy (non-hydrogen) atoms. The predicted octanol–water partition coefficient (Wildman–Crippen LogP) is 4.53. The number of hydrogen-bond acceptors (Lipinski definition) is 2.